The number of aromatic hydroxyl groups is 1. The highest BCUT2D eigenvalue weighted by Gasteiger charge is 2.19. The van der Waals surface area contributed by atoms with Gasteiger partial charge in [0.1, 0.15) is 12.4 Å². The first-order valence-electron chi connectivity index (χ1n) is 11.6. The number of ether oxygens (including phenoxy) is 2. The number of halogens is 1. The number of hydrogen-bond acceptors (Lipinski definition) is 6. The highest BCUT2D eigenvalue weighted by molar-refractivity contribution is 5.99. The largest absolute Gasteiger partial charge is 0.504 e. The number of carbonyl (C=O) groups is 1. The number of nitrogens with zero attached hydrogens (tertiary/aromatic N) is 2. The number of phenolic OH excluding ortho intramolecular Hbond substituents is 1. The summed E-state index contributed by atoms with van der Waals surface area (Å²) in [6.45, 7) is 4.17. The first-order chi connectivity index (χ1) is 16.9. The number of primary amides is 1. The van der Waals surface area contributed by atoms with E-state index in [0.717, 1.165) is 48.7 Å². The molecule has 4 rings (SSSR count). The lowest BCUT2D eigenvalue weighted by molar-refractivity contribution is -0.113. The molecule has 7 nitrogen and oxygen atoms in total. The van der Waals surface area contributed by atoms with Gasteiger partial charge in [0, 0.05) is 37.9 Å². The maximum absolute atomic E-state index is 12.0. The minimum Gasteiger partial charge on any atom is -0.504 e. The van der Waals surface area contributed by atoms with E-state index in [1.807, 2.05) is 36.4 Å². The van der Waals surface area contributed by atoms with Gasteiger partial charge in [-0.2, -0.15) is 0 Å². The third kappa shape index (κ3) is 6.50. The van der Waals surface area contributed by atoms with Crippen molar-refractivity contribution in [3.05, 3.63) is 89.5 Å². The van der Waals surface area contributed by atoms with E-state index in [0.29, 0.717) is 23.5 Å². The molecule has 8 heteroatoms. The topological polar surface area (TPSA) is 88.3 Å². The Hall–Kier alpha value is -3.68. The van der Waals surface area contributed by atoms with Crippen LogP contribution in [0.3, 0.4) is 0 Å². The van der Waals surface area contributed by atoms with Crippen LogP contribution in [0.4, 0.5) is 5.69 Å². The van der Waals surface area contributed by atoms with E-state index in [-0.39, 0.29) is 18.2 Å². The minimum absolute atomic E-state index is 0. The molecule has 0 bridgehead atoms. The van der Waals surface area contributed by atoms with Crippen LogP contribution in [0.5, 0.6) is 17.2 Å². The number of carbonyl (C=O) groups excluding carboxylic acids is 1. The van der Waals surface area contributed by atoms with Crippen molar-refractivity contribution in [2.24, 2.45) is 5.73 Å². The van der Waals surface area contributed by atoms with E-state index in [2.05, 4.69) is 29.0 Å². The van der Waals surface area contributed by atoms with Crippen molar-refractivity contribution in [1.29, 1.82) is 0 Å². The molecule has 0 atom stereocenters. The van der Waals surface area contributed by atoms with Gasteiger partial charge < -0.3 is 30.1 Å². The van der Waals surface area contributed by atoms with Gasteiger partial charge in [-0.05, 0) is 65.7 Å². The lowest BCUT2D eigenvalue weighted by Gasteiger charge is -2.34. The van der Waals surface area contributed by atoms with Crippen LogP contribution in [0.15, 0.2) is 72.8 Å². The van der Waals surface area contributed by atoms with Crippen molar-refractivity contribution in [3.8, 4) is 17.2 Å². The van der Waals surface area contributed by atoms with Gasteiger partial charge in [0.2, 0.25) is 5.91 Å². The van der Waals surface area contributed by atoms with E-state index in [1.54, 1.807) is 18.2 Å². The fourth-order valence-corrected chi connectivity index (χ4v) is 4.22. The Balaban J connectivity index is 0.00000361. The number of rotatable bonds is 8. The Morgan fingerprint density at radius 1 is 1.03 bits per heavy atom. The zero-order chi connectivity index (χ0) is 24.8. The molecule has 1 amide bonds. The molecule has 0 unspecified atom stereocenters. The van der Waals surface area contributed by atoms with E-state index in [9.17, 15) is 9.90 Å². The van der Waals surface area contributed by atoms with Crippen molar-refractivity contribution in [2.45, 2.75) is 6.61 Å². The van der Waals surface area contributed by atoms with Gasteiger partial charge in [-0.1, -0.05) is 30.3 Å². The summed E-state index contributed by atoms with van der Waals surface area (Å²) in [4.78, 5) is 16.7. The monoisotopic (exact) mass is 509 g/mol. The first kappa shape index (κ1) is 26.9. The minimum atomic E-state index is -0.576. The molecular weight excluding hydrogens is 478 g/mol. The number of piperazine rings is 1. The maximum atomic E-state index is 12.0. The smallest absolute Gasteiger partial charge is 0.242 e. The molecular formula is C28H32ClN3O4. The van der Waals surface area contributed by atoms with Crippen LogP contribution in [0, 0.1) is 0 Å². The predicted octanol–water partition coefficient (Wildman–Crippen LogP) is 4.07. The molecule has 1 fully saturated rings. The van der Waals surface area contributed by atoms with Crippen LogP contribution in [0.1, 0.15) is 16.7 Å². The lowest BCUT2D eigenvalue weighted by atomic mass is 9.92. The molecule has 1 aliphatic rings. The summed E-state index contributed by atoms with van der Waals surface area (Å²) >= 11 is 0. The number of likely N-dealkylation sites (N-methyl/N-ethyl adjacent to an activating group) is 1. The number of para-hydroxylation sites is 1. The van der Waals surface area contributed by atoms with Gasteiger partial charge in [0.15, 0.2) is 11.5 Å². The second-order valence-electron chi connectivity index (χ2n) is 8.58. The van der Waals surface area contributed by atoms with E-state index < -0.39 is 5.91 Å². The zero-order valence-corrected chi connectivity index (χ0v) is 21.3. The molecule has 190 valence electrons. The Bertz CT molecular complexity index is 1210. The average Bonchev–Trinajstić information content (AvgIpc) is 2.87. The molecule has 3 aromatic rings. The van der Waals surface area contributed by atoms with Gasteiger partial charge in [-0.25, -0.2) is 0 Å². The molecule has 3 N–H and O–H groups in total. The third-order valence-corrected chi connectivity index (χ3v) is 6.16. The molecule has 1 heterocycles. The van der Waals surface area contributed by atoms with E-state index in [4.69, 9.17) is 15.2 Å². The first-order valence-corrected chi connectivity index (χ1v) is 11.6. The van der Waals surface area contributed by atoms with E-state index in [1.165, 1.54) is 13.2 Å². The zero-order valence-electron chi connectivity index (χ0n) is 20.5. The molecule has 0 radical (unpaired) electrons. The summed E-state index contributed by atoms with van der Waals surface area (Å²) in [5, 5.41) is 10.4. The summed E-state index contributed by atoms with van der Waals surface area (Å²) in [5.74, 6) is 0.515. The molecule has 36 heavy (non-hydrogen) atoms. The number of hydrogen-bond donors (Lipinski definition) is 2. The molecule has 1 aliphatic heterocycles. The van der Waals surface area contributed by atoms with Gasteiger partial charge in [-0.15, -0.1) is 12.4 Å². The fourth-order valence-electron chi connectivity index (χ4n) is 4.22. The average molecular weight is 510 g/mol. The summed E-state index contributed by atoms with van der Waals surface area (Å²) in [6.07, 6.45) is 1.39. The second-order valence-corrected chi connectivity index (χ2v) is 8.58. The Morgan fingerprint density at radius 3 is 2.39 bits per heavy atom. The van der Waals surface area contributed by atoms with Gasteiger partial charge in [-0.3, -0.25) is 4.79 Å². The number of anilines is 1. The van der Waals surface area contributed by atoms with Gasteiger partial charge in [0.25, 0.3) is 0 Å². The molecule has 0 spiro atoms. The van der Waals surface area contributed by atoms with Crippen LogP contribution in [-0.2, 0) is 11.4 Å². The van der Waals surface area contributed by atoms with Crippen LogP contribution in [-0.4, -0.2) is 56.3 Å². The number of benzene rings is 3. The van der Waals surface area contributed by atoms with Crippen LogP contribution < -0.4 is 20.1 Å². The van der Waals surface area contributed by atoms with Crippen molar-refractivity contribution in [1.82, 2.24) is 4.90 Å². The standard InChI is InChI=1S/C28H31N3O4.ClH/c1-30-12-14-31(15-13-30)22-9-10-24(21(16-22)19-35-23-6-4-3-5-7-23)25(18-28(29)33)20-8-11-27(34-2)26(32)17-20;/h3-11,16-18,32H,12-15,19H2,1-2H3,(H2,29,33);1H/b25-18+;. The van der Waals surface area contributed by atoms with Gasteiger partial charge in [0.05, 0.1) is 7.11 Å². The van der Waals surface area contributed by atoms with Crippen molar-refractivity contribution < 1.29 is 19.4 Å². The summed E-state index contributed by atoms with van der Waals surface area (Å²) in [7, 11) is 3.62. The molecule has 0 saturated carbocycles. The Morgan fingerprint density at radius 2 is 1.75 bits per heavy atom. The maximum Gasteiger partial charge on any atom is 0.242 e. The predicted molar refractivity (Wildman–Crippen MR) is 145 cm³/mol. The summed E-state index contributed by atoms with van der Waals surface area (Å²) in [5.41, 5.74) is 9.66. The lowest BCUT2D eigenvalue weighted by Crippen LogP contribution is -2.44. The van der Waals surface area contributed by atoms with E-state index >= 15 is 0 Å². The van der Waals surface area contributed by atoms with Crippen molar-refractivity contribution in [2.75, 3.05) is 45.2 Å². The Labute approximate surface area is 218 Å². The van der Waals surface area contributed by atoms with Crippen molar-refractivity contribution >= 4 is 29.6 Å². The number of nitrogens with two attached hydrogens (primary N) is 1. The molecule has 3 aromatic carbocycles. The van der Waals surface area contributed by atoms with Crippen LogP contribution in [0.2, 0.25) is 0 Å². The second kappa shape index (κ2) is 12.3. The molecule has 0 aromatic heterocycles. The normalized spacial score (nSPS) is 14.2. The van der Waals surface area contributed by atoms with Gasteiger partial charge >= 0.3 is 0 Å². The number of amides is 1. The molecule has 1 saturated heterocycles. The quantitative estimate of drug-likeness (QED) is 0.445. The van der Waals surface area contributed by atoms with Crippen molar-refractivity contribution in [3.63, 3.8) is 0 Å². The summed E-state index contributed by atoms with van der Waals surface area (Å²) in [6, 6.07) is 20.8. The highest BCUT2D eigenvalue weighted by Crippen LogP contribution is 2.35. The summed E-state index contributed by atoms with van der Waals surface area (Å²) < 4.78 is 11.3. The fraction of sp³-hybridized carbons (Fsp3) is 0.250. The number of phenols is 1. The number of methoxy groups -OCH3 is 1. The highest BCUT2D eigenvalue weighted by atomic mass is 35.5. The molecule has 0 aliphatic carbocycles. The van der Waals surface area contributed by atoms with Crippen LogP contribution in [0.25, 0.3) is 5.57 Å². The SMILES string of the molecule is COc1ccc(/C(=C\C(N)=O)c2ccc(N3CCN(C)CC3)cc2COc2ccccc2)cc1O.Cl. The Kier molecular flexibility index (Phi) is 9.22. The third-order valence-electron chi connectivity index (χ3n) is 6.16. The van der Waals surface area contributed by atoms with Crippen LogP contribution >= 0.6 is 12.4 Å².